The number of ether oxygens (including phenoxy) is 1. The van der Waals surface area contributed by atoms with E-state index < -0.39 is 12.0 Å². The van der Waals surface area contributed by atoms with Crippen molar-refractivity contribution in [3.8, 4) is 22.6 Å². The van der Waals surface area contributed by atoms with Crippen LogP contribution in [0.3, 0.4) is 0 Å². The Morgan fingerprint density at radius 3 is 2.54 bits per heavy atom. The van der Waals surface area contributed by atoms with Gasteiger partial charge in [-0.15, -0.1) is 0 Å². The van der Waals surface area contributed by atoms with Gasteiger partial charge in [0.05, 0.1) is 0 Å². The van der Waals surface area contributed by atoms with Crippen LogP contribution in [0.2, 0.25) is 0 Å². The molecule has 6 nitrogen and oxygen atoms in total. The third-order valence-electron chi connectivity index (χ3n) is 4.51. The number of hydrogen-bond donors (Lipinski definition) is 3. The molecule has 2 amide bonds. The second-order valence-corrected chi connectivity index (χ2v) is 6.53. The first-order valence-corrected chi connectivity index (χ1v) is 8.74. The van der Waals surface area contributed by atoms with Crippen LogP contribution in [-0.4, -0.2) is 23.1 Å². The molecule has 2 aromatic carbocycles. The second kappa shape index (κ2) is 7.91. The Bertz CT molecular complexity index is 813. The summed E-state index contributed by atoms with van der Waals surface area (Å²) in [5.74, 6) is -0.333. The number of rotatable bonds is 4. The summed E-state index contributed by atoms with van der Waals surface area (Å²) in [5, 5.41) is 12.8. The summed E-state index contributed by atoms with van der Waals surface area (Å²) in [5.41, 5.74) is 6.98. The van der Waals surface area contributed by atoms with E-state index in [1.807, 2.05) is 0 Å². The maximum absolute atomic E-state index is 12.1. The van der Waals surface area contributed by atoms with Gasteiger partial charge in [-0.1, -0.05) is 31.4 Å². The van der Waals surface area contributed by atoms with E-state index in [0.717, 1.165) is 25.7 Å². The number of phenolic OH excluding ortho intramolecular Hbond substituents is 1. The van der Waals surface area contributed by atoms with Crippen LogP contribution in [0.1, 0.15) is 42.5 Å². The molecule has 0 radical (unpaired) electrons. The number of hydrogen-bond acceptors (Lipinski definition) is 4. The second-order valence-electron chi connectivity index (χ2n) is 6.53. The fourth-order valence-corrected chi connectivity index (χ4v) is 3.21. The smallest absolute Gasteiger partial charge is 0.412 e. The molecule has 6 heteroatoms. The minimum absolute atomic E-state index is 0.0348. The molecule has 1 aliphatic carbocycles. The first-order chi connectivity index (χ1) is 12.5. The van der Waals surface area contributed by atoms with Crippen molar-refractivity contribution < 1.29 is 19.4 Å². The van der Waals surface area contributed by atoms with Crippen molar-refractivity contribution in [3.63, 3.8) is 0 Å². The van der Waals surface area contributed by atoms with Crippen molar-refractivity contribution in [3.05, 3.63) is 48.0 Å². The third kappa shape index (κ3) is 4.53. The summed E-state index contributed by atoms with van der Waals surface area (Å²) < 4.78 is 5.34. The number of nitrogens with one attached hydrogen (secondary N) is 1. The lowest BCUT2D eigenvalue weighted by atomic mass is 9.96. The van der Waals surface area contributed by atoms with E-state index in [9.17, 15) is 14.7 Å². The molecule has 2 aromatic rings. The Labute approximate surface area is 152 Å². The Balaban J connectivity index is 1.76. The van der Waals surface area contributed by atoms with Crippen LogP contribution in [-0.2, 0) is 0 Å². The summed E-state index contributed by atoms with van der Waals surface area (Å²) in [4.78, 5) is 23.5. The van der Waals surface area contributed by atoms with Crippen LogP contribution in [0.4, 0.5) is 4.79 Å². The largest absolute Gasteiger partial charge is 0.508 e. The molecule has 0 bridgehead atoms. The van der Waals surface area contributed by atoms with Gasteiger partial charge >= 0.3 is 6.09 Å². The van der Waals surface area contributed by atoms with Crippen molar-refractivity contribution >= 4 is 12.0 Å². The quantitative estimate of drug-likeness (QED) is 0.781. The number of benzene rings is 2. The molecule has 0 aromatic heterocycles. The lowest BCUT2D eigenvalue weighted by Gasteiger charge is -2.22. The van der Waals surface area contributed by atoms with Crippen molar-refractivity contribution in [1.29, 1.82) is 0 Å². The highest BCUT2D eigenvalue weighted by molar-refractivity contribution is 5.94. The molecule has 0 aliphatic heterocycles. The normalized spacial score (nSPS) is 14.6. The zero-order valence-electron chi connectivity index (χ0n) is 14.4. The van der Waals surface area contributed by atoms with Crippen LogP contribution in [0.15, 0.2) is 42.5 Å². The highest BCUT2D eigenvalue weighted by atomic mass is 16.6. The molecule has 0 unspecified atom stereocenters. The number of phenols is 1. The Hall–Kier alpha value is -3.02. The van der Waals surface area contributed by atoms with Crippen molar-refractivity contribution in [2.24, 2.45) is 5.73 Å². The molecule has 4 N–H and O–H groups in total. The van der Waals surface area contributed by atoms with Gasteiger partial charge in [0.1, 0.15) is 11.5 Å². The molecule has 0 heterocycles. The SMILES string of the molecule is NC(=O)c1cccc(-c2cc(O)cc(OC(=O)NC3CCCCC3)c2)c1. The first-order valence-electron chi connectivity index (χ1n) is 8.74. The monoisotopic (exact) mass is 354 g/mol. The zero-order valence-corrected chi connectivity index (χ0v) is 14.4. The molecular formula is C20H22N2O4. The standard InChI is InChI=1S/C20H22N2O4/c21-19(24)14-6-4-5-13(9-14)15-10-17(23)12-18(11-15)26-20(25)22-16-7-2-1-3-8-16/h4-6,9-12,16,23H,1-3,7-8H2,(H2,21,24)(H,22,25). The highest BCUT2D eigenvalue weighted by Gasteiger charge is 2.17. The predicted molar refractivity (Wildman–Crippen MR) is 98.1 cm³/mol. The number of carbonyl (C=O) groups is 2. The molecule has 0 atom stereocenters. The maximum Gasteiger partial charge on any atom is 0.412 e. The molecule has 1 fully saturated rings. The molecule has 0 saturated heterocycles. The number of nitrogens with two attached hydrogens (primary N) is 1. The van der Waals surface area contributed by atoms with Crippen LogP contribution < -0.4 is 15.8 Å². The van der Waals surface area contributed by atoms with E-state index >= 15 is 0 Å². The van der Waals surface area contributed by atoms with Crippen molar-refractivity contribution in [1.82, 2.24) is 5.32 Å². The topological polar surface area (TPSA) is 102 Å². The minimum atomic E-state index is -0.532. The lowest BCUT2D eigenvalue weighted by Crippen LogP contribution is -2.37. The average Bonchev–Trinajstić information content (AvgIpc) is 2.62. The number of primary amides is 1. The van der Waals surface area contributed by atoms with Gasteiger partial charge in [0, 0.05) is 17.7 Å². The van der Waals surface area contributed by atoms with Crippen LogP contribution in [0.5, 0.6) is 11.5 Å². The Morgan fingerprint density at radius 1 is 1.04 bits per heavy atom. The van der Waals surface area contributed by atoms with Gasteiger partial charge in [-0.3, -0.25) is 4.79 Å². The van der Waals surface area contributed by atoms with Gasteiger partial charge in [-0.05, 0) is 48.2 Å². The number of aromatic hydroxyl groups is 1. The molecule has 1 aliphatic rings. The predicted octanol–water partition coefficient (Wildman–Crippen LogP) is 3.58. The molecule has 1 saturated carbocycles. The fourth-order valence-electron chi connectivity index (χ4n) is 3.21. The van der Waals surface area contributed by atoms with E-state index in [2.05, 4.69) is 5.32 Å². The Morgan fingerprint density at radius 2 is 1.81 bits per heavy atom. The summed E-state index contributed by atoms with van der Waals surface area (Å²) in [7, 11) is 0. The summed E-state index contributed by atoms with van der Waals surface area (Å²) in [6.45, 7) is 0. The summed E-state index contributed by atoms with van der Waals surface area (Å²) >= 11 is 0. The Kier molecular flexibility index (Phi) is 5.41. The van der Waals surface area contributed by atoms with Crippen molar-refractivity contribution in [2.45, 2.75) is 38.1 Å². The zero-order chi connectivity index (χ0) is 18.5. The summed E-state index contributed by atoms with van der Waals surface area (Å²) in [6.07, 6.45) is 4.81. The van der Waals surface area contributed by atoms with E-state index in [4.69, 9.17) is 10.5 Å². The lowest BCUT2D eigenvalue weighted by molar-refractivity contribution is 0.1000. The van der Waals surface area contributed by atoms with Gasteiger partial charge in [-0.2, -0.15) is 0 Å². The van der Waals surface area contributed by atoms with E-state index in [1.54, 1.807) is 30.3 Å². The molecule has 3 rings (SSSR count). The maximum atomic E-state index is 12.1. The number of carbonyl (C=O) groups excluding carboxylic acids is 2. The fraction of sp³-hybridized carbons (Fsp3) is 0.300. The average molecular weight is 354 g/mol. The molecule has 26 heavy (non-hydrogen) atoms. The first kappa shape index (κ1) is 17.8. The van der Waals surface area contributed by atoms with E-state index in [0.29, 0.717) is 16.7 Å². The molecule has 0 spiro atoms. The molecule has 136 valence electrons. The molecular weight excluding hydrogens is 332 g/mol. The van der Waals surface area contributed by atoms with Crippen LogP contribution >= 0.6 is 0 Å². The van der Waals surface area contributed by atoms with Crippen LogP contribution in [0, 0.1) is 0 Å². The third-order valence-corrected chi connectivity index (χ3v) is 4.51. The van der Waals surface area contributed by atoms with Gasteiger partial charge in [-0.25, -0.2) is 4.79 Å². The van der Waals surface area contributed by atoms with E-state index in [1.165, 1.54) is 18.6 Å². The van der Waals surface area contributed by atoms with Gasteiger partial charge < -0.3 is 20.9 Å². The van der Waals surface area contributed by atoms with E-state index in [-0.39, 0.29) is 17.5 Å². The number of amides is 2. The van der Waals surface area contributed by atoms with Crippen LogP contribution in [0.25, 0.3) is 11.1 Å². The summed E-state index contributed by atoms with van der Waals surface area (Å²) in [6, 6.07) is 11.4. The van der Waals surface area contributed by atoms with Crippen molar-refractivity contribution in [2.75, 3.05) is 0 Å². The highest BCUT2D eigenvalue weighted by Crippen LogP contribution is 2.30. The van der Waals surface area contributed by atoms with Gasteiger partial charge in [0.2, 0.25) is 5.91 Å². The van der Waals surface area contributed by atoms with Gasteiger partial charge in [0.25, 0.3) is 0 Å². The van der Waals surface area contributed by atoms with Gasteiger partial charge in [0.15, 0.2) is 0 Å². The minimum Gasteiger partial charge on any atom is -0.508 e.